The average molecular weight is 428 g/mol. The van der Waals surface area contributed by atoms with Gasteiger partial charge >= 0.3 is 18.2 Å². The van der Waals surface area contributed by atoms with Crippen LogP contribution in [0.5, 0.6) is 0 Å². The van der Waals surface area contributed by atoms with E-state index in [1.54, 1.807) is 11.8 Å². The molecule has 1 saturated heterocycles. The summed E-state index contributed by atoms with van der Waals surface area (Å²) in [6.07, 6.45) is -5.08. The van der Waals surface area contributed by atoms with Gasteiger partial charge in [-0.05, 0) is 13.8 Å². The van der Waals surface area contributed by atoms with Crippen molar-refractivity contribution in [2.75, 3.05) is 58.9 Å². The van der Waals surface area contributed by atoms with E-state index in [-0.39, 0.29) is 11.9 Å². The molecule has 0 spiro atoms. The fourth-order valence-corrected chi connectivity index (χ4v) is 2.23. The highest BCUT2D eigenvalue weighted by Crippen LogP contribution is 2.13. The Labute approximate surface area is 167 Å². The Bertz CT molecular complexity index is 496. The van der Waals surface area contributed by atoms with Crippen LogP contribution in [0.1, 0.15) is 13.8 Å². The van der Waals surface area contributed by atoms with Crippen molar-refractivity contribution in [2.24, 2.45) is 0 Å². The van der Waals surface area contributed by atoms with Crippen LogP contribution < -0.4 is 26.6 Å². The van der Waals surface area contributed by atoms with Crippen molar-refractivity contribution in [3.63, 3.8) is 0 Å². The van der Waals surface area contributed by atoms with Gasteiger partial charge in [-0.1, -0.05) is 0 Å². The third kappa shape index (κ3) is 13.7. The third-order valence-corrected chi connectivity index (χ3v) is 3.68. The Kier molecular flexibility index (Phi) is 13.7. The molecule has 0 bridgehead atoms. The molecule has 1 rings (SSSR count). The summed E-state index contributed by atoms with van der Waals surface area (Å²) >= 11 is 0. The fraction of sp³-hybridized carbons (Fsp3) is 0.812. The molecular formula is C16H31F3N6O4. The zero-order chi connectivity index (χ0) is 22.3. The summed E-state index contributed by atoms with van der Waals surface area (Å²) in [6.45, 7) is 10.5. The maximum absolute atomic E-state index is 12.5. The Hall–Kier alpha value is -2.12. The van der Waals surface area contributed by atoms with Gasteiger partial charge < -0.3 is 36.6 Å². The Balaban J connectivity index is 0.000000956. The van der Waals surface area contributed by atoms with Crippen LogP contribution in [-0.2, 0) is 9.59 Å². The molecule has 0 aromatic heterocycles. The van der Waals surface area contributed by atoms with Gasteiger partial charge in [0.05, 0.1) is 0 Å². The van der Waals surface area contributed by atoms with E-state index in [0.717, 1.165) is 39.3 Å². The van der Waals surface area contributed by atoms with Crippen LogP contribution in [-0.4, -0.2) is 99.0 Å². The minimum Gasteiger partial charge on any atom is -0.475 e. The first-order valence-corrected chi connectivity index (χ1v) is 9.35. The van der Waals surface area contributed by atoms with Gasteiger partial charge in [-0.25, -0.2) is 9.59 Å². The molecule has 3 amide bonds. The van der Waals surface area contributed by atoms with Gasteiger partial charge in [0.1, 0.15) is 6.04 Å². The first kappa shape index (κ1) is 26.9. The zero-order valence-corrected chi connectivity index (χ0v) is 16.7. The lowest BCUT2D eigenvalue weighted by Crippen LogP contribution is -2.52. The van der Waals surface area contributed by atoms with Crippen molar-refractivity contribution in [2.45, 2.75) is 26.1 Å². The second-order valence-electron chi connectivity index (χ2n) is 6.10. The van der Waals surface area contributed by atoms with E-state index in [2.05, 4.69) is 26.6 Å². The highest BCUT2D eigenvalue weighted by molar-refractivity contribution is 5.86. The molecule has 1 atom stereocenters. The molecule has 1 fully saturated rings. The second kappa shape index (κ2) is 14.8. The predicted octanol–water partition coefficient (Wildman–Crippen LogP) is -1.06. The smallest absolute Gasteiger partial charge is 0.475 e. The Morgan fingerprint density at radius 3 is 1.79 bits per heavy atom. The minimum absolute atomic E-state index is 0.0509. The van der Waals surface area contributed by atoms with Crippen molar-refractivity contribution < 1.29 is 32.7 Å². The predicted molar refractivity (Wildman–Crippen MR) is 101 cm³/mol. The maximum Gasteiger partial charge on any atom is 0.490 e. The number of carboxylic acid groups (broad SMARTS) is 1. The summed E-state index contributed by atoms with van der Waals surface area (Å²) in [5, 5.41) is 22.4. The van der Waals surface area contributed by atoms with E-state index in [1.165, 1.54) is 0 Å². The molecule has 0 aromatic carbocycles. The van der Waals surface area contributed by atoms with Gasteiger partial charge in [-0.2, -0.15) is 13.2 Å². The highest BCUT2D eigenvalue weighted by Gasteiger charge is 2.38. The van der Waals surface area contributed by atoms with Crippen molar-refractivity contribution in [1.82, 2.24) is 31.5 Å². The van der Waals surface area contributed by atoms with Gasteiger partial charge in [0.2, 0.25) is 5.91 Å². The number of alkyl halides is 3. The summed E-state index contributed by atoms with van der Waals surface area (Å²) in [5.74, 6) is -2.81. The molecule has 1 aliphatic heterocycles. The topological polar surface area (TPSA) is 135 Å². The molecule has 13 heteroatoms. The summed E-state index contributed by atoms with van der Waals surface area (Å²) in [6, 6.07) is -0.832. The number of amides is 3. The summed E-state index contributed by atoms with van der Waals surface area (Å²) in [7, 11) is 0. The van der Waals surface area contributed by atoms with Crippen LogP contribution in [0.15, 0.2) is 0 Å². The number of rotatable bonds is 3. The number of nitrogens with zero attached hydrogens (tertiary/aromatic N) is 1. The van der Waals surface area contributed by atoms with Gasteiger partial charge in [0.15, 0.2) is 0 Å². The van der Waals surface area contributed by atoms with Crippen molar-refractivity contribution in [3.05, 3.63) is 0 Å². The van der Waals surface area contributed by atoms with Gasteiger partial charge in [-0.15, -0.1) is 0 Å². The van der Waals surface area contributed by atoms with Gasteiger partial charge in [-0.3, -0.25) is 4.79 Å². The molecule has 0 radical (unpaired) electrons. The molecule has 0 saturated carbocycles. The number of urea groups is 1. The number of hydrogen-bond acceptors (Lipinski definition) is 6. The van der Waals surface area contributed by atoms with E-state index in [1.807, 2.05) is 6.92 Å². The molecule has 6 N–H and O–H groups in total. The first-order valence-electron chi connectivity index (χ1n) is 9.35. The van der Waals surface area contributed by atoms with E-state index in [0.29, 0.717) is 19.6 Å². The van der Waals surface area contributed by atoms with E-state index >= 15 is 0 Å². The van der Waals surface area contributed by atoms with Crippen molar-refractivity contribution >= 4 is 17.9 Å². The van der Waals surface area contributed by atoms with Crippen molar-refractivity contribution in [1.29, 1.82) is 0 Å². The Morgan fingerprint density at radius 2 is 1.41 bits per heavy atom. The molecule has 1 aliphatic rings. The zero-order valence-electron chi connectivity index (χ0n) is 16.7. The van der Waals surface area contributed by atoms with Crippen LogP contribution in [0.25, 0.3) is 0 Å². The van der Waals surface area contributed by atoms with E-state index < -0.39 is 18.2 Å². The van der Waals surface area contributed by atoms with Crippen LogP contribution >= 0.6 is 0 Å². The molecule has 1 heterocycles. The molecule has 170 valence electrons. The number of nitrogens with one attached hydrogen (secondary N) is 5. The molecule has 0 aromatic rings. The van der Waals surface area contributed by atoms with Crippen LogP contribution in [0.2, 0.25) is 0 Å². The normalized spacial score (nSPS) is 17.5. The first-order chi connectivity index (χ1) is 13.6. The summed E-state index contributed by atoms with van der Waals surface area (Å²) in [4.78, 5) is 34.7. The number of carbonyl (C=O) groups excluding carboxylic acids is 2. The monoisotopic (exact) mass is 428 g/mol. The summed E-state index contributed by atoms with van der Waals surface area (Å²) < 4.78 is 31.7. The largest absolute Gasteiger partial charge is 0.490 e. The lowest BCUT2D eigenvalue weighted by atomic mass is 10.2. The standard InChI is InChI=1S/C14H30N6O2.C2HF3O2/c1-3-18-14(22)19-12(2)13(21)20-10-8-16-6-4-15-5-7-17-9-11-20;3-2(4,5)1(6)7/h12,15-17H,3-11H2,1-2H3,(H2,18,19,22);(H,6,7). The Morgan fingerprint density at radius 1 is 1.00 bits per heavy atom. The molecule has 0 aliphatic carbocycles. The maximum atomic E-state index is 12.5. The number of halogens is 3. The average Bonchev–Trinajstić information content (AvgIpc) is 2.61. The van der Waals surface area contributed by atoms with Crippen LogP contribution in [0.3, 0.4) is 0 Å². The quantitative estimate of drug-likeness (QED) is 0.337. The lowest BCUT2D eigenvalue weighted by Gasteiger charge is -2.27. The lowest BCUT2D eigenvalue weighted by molar-refractivity contribution is -0.192. The fourth-order valence-electron chi connectivity index (χ4n) is 2.23. The highest BCUT2D eigenvalue weighted by atomic mass is 19.4. The summed E-state index contributed by atoms with van der Waals surface area (Å²) in [5.41, 5.74) is 0. The number of aliphatic carboxylic acids is 1. The van der Waals surface area contributed by atoms with Crippen LogP contribution in [0.4, 0.5) is 18.0 Å². The SMILES string of the molecule is CCNC(=O)NC(C)C(=O)N1CCNCCNCCNCC1.O=C(O)C(F)(F)F. The van der Waals surface area contributed by atoms with Gasteiger partial charge in [0.25, 0.3) is 0 Å². The second-order valence-corrected chi connectivity index (χ2v) is 6.10. The minimum atomic E-state index is -5.08. The molecule has 10 nitrogen and oxygen atoms in total. The van der Waals surface area contributed by atoms with Crippen molar-refractivity contribution in [3.8, 4) is 0 Å². The third-order valence-electron chi connectivity index (χ3n) is 3.68. The van der Waals surface area contributed by atoms with E-state index in [4.69, 9.17) is 9.90 Å². The van der Waals surface area contributed by atoms with E-state index in [9.17, 15) is 22.8 Å². The number of hydrogen-bond donors (Lipinski definition) is 6. The number of carboxylic acids is 1. The molecule has 1 unspecified atom stereocenters. The van der Waals surface area contributed by atoms with Gasteiger partial charge in [0, 0.05) is 58.9 Å². The molecule has 29 heavy (non-hydrogen) atoms. The number of carbonyl (C=O) groups is 3. The molecular weight excluding hydrogens is 397 g/mol. The van der Waals surface area contributed by atoms with Crippen LogP contribution in [0, 0.1) is 0 Å².